The van der Waals surface area contributed by atoms with Gasteiger partial charge in [-0.25, -0.2) is 13.8 Å². The molecule has 0 radical (unpaired) electrons. The molecule has 0 amide bonds. The number of aryl methyl sites for hydroxylation is 1. The van der Waals surface area contributed by atoms with Gasteiger partial charge >= 0.3 is 6.18 Å². The van der Waals surface area contributed by atoms with Gasteiger partial charge in [-0.05, 0) is 24.6 Å². The van der Waals surface area contributed by atoms with Gasteiger partial charge in [0.1, 0.15) is 17.3 Å². The van der Waals surface area contributed by atoms with Crippen molar-refractivity contribution in [3.63, 3.8) is 0 Å². The van der Waals surface area contributed by atoms with Gasteiger partial charge in [-0.2, -0.15) is 13.2 Å². The minimum absolute atomic E-state index is 0.0208. The first kappa shape index (κ1) is 17.3. The molecule has 1 fully saturated rings. The third-order valence-corrected chi connectivity index (χ3v) is 4.71. The van der Waals surface area contributed by atoms with E-state index in [4.69, 9.17) is 17.3 Å². The Labute approximate surface area is 132 Å². The second-order valence-electron chi connectivity index (χ2n) is 5.03. The fourth-order valence-corrected chi connectivity index (χ4v) is 2.86. The lowest BCUT2D eigenvalue weighted by atomic mass is 10.2. The molecule has 1 saturated carbocycles. The molecule has 2 N–H and O–H groups in total. The molecule has 1 aliphatic rings. The first-order valence-corrected chi connectivity index (χ1v) is 7.57. The highest BCUT2D eigenvalue weighted by atomic mass is 35.5. The molecule has 1 aromatic carbocycles. The molecule has 9 heteroatoms. The van der Waals surface area contributed by atoms with Crippen LogP contribution in [0.3, 0.4) is 0 Å². The molecule has 1 aliphatic carbocycles. The number of hydrogen-bond acceptors (Lipinski definition) is 2. The largest absolute Gasteiger partial charge is 0.398 e. The van der Waals surface area contributed by atoms with Crippen LogP contribution in [0.25, 0.3) is 0 Å². The Morgan fingerprint density at radius 2 is 2.09 bits per heavy atom. The van der Waals surface area contributed by atoms with E-state index < -0.39 is 28.8 Å². The van der Waals surface area contributed by atoms with Crippen molar-refractivity contribution in [1.82, 2.24) is 0 Å². The van der Waals surface area contributed by atoms with Gasteiger partial charge in [-0.1, -0.05) is 11.6 Å². The zero-order valence-corrected chi connectivity index (χ0v) is 12.9. The fourth-order valence-electron chi connectivity index (χ4n) is 1.79. The normalized spacial score (nSPS) is 25.4. The van der Waals surface area contributed by atoms with Gasteiger partial charge in [-0.3, -0.25) is 0 Å². The van der Waals surface area contributed by atoms with E-state index >= 15 is 0 Å². The van der Waals surface area contributed by atoms with Gasteiger partial charge in [0.25, 0.3) is 0 Å². The molecule has 2 nitrogen and oxygen atoms in total. The van der Waals surface area contributed by atoms with Crippen LogP contribution in [-0.4, -0.2) is 22.9 Å². The Morgan fingerprint density at radius 3 is 2.59 bits per heavy atom. The molecule has 122 valence electrons. The third-order valence-electron chi connectivity index (χ3n) is 3.07. The number of aliphatic imine (C=N–C) groups is 1. The number of nitrogens with two attached hydrogens (primary N) is 1. The molecule has 0 aromatic heterocycles. The van der Waals surface area contributed by atoms with Crippen molar-refractivity contribution >= 4 is 34.9 Å². The Kier molecular flexibility index (Phi) is 4.64. The lowest BCUT2D eigenvalue weighted by Crippen LogP contribution is -2.17. The van der Waals surface area contributed by atoms with E-state index in [0.717, 1.165) is 6.07 Å². The molecule has 0 saturated heterocycles. The Hall–Kier alpha value is -1.02. The molecular weight excluding hydrogens is 347 g/mol. The quantitative estimate of drug-likeness (QED) is 0.278. The van der Waals surface area contributed by atoms with Crippen LogP contribution in [0.5, 0.6) is 0 Å². The van der Waals surface area contributed by atoms with Crippen molar-refractivity contribution in [3.05, 3.63) is 23.5 Å². The summed E-state index contributed by atoms with van der Waals surface area (Å²) in [6.07, 6.45) is -4.36. The maximum absolute atomic E-state index is 13.8. The minimum atomic E-state index is -4.34. The topological polar surface area (TPSA) is 38.4 Å². The summed E-state index contributed by atoms with van der Waals surface area (Å²) in [5, 5.41) is -1.97. The highest BCUT2D eigenvalue weighted by Crippen LogP contribution is 2.51. The molecule has 2 atom stereocenters. The number of hydrogen-bond donors (Lipinski definition) is 1. The lowest BCUT2D eigenvalue weighted by Gasteiger charge is -2.10. The second-order valence-corrected chi connectivity index (χ2v) is 6.67. The van der Waals surface area contributed by atoms with Gasteiger partial charge in [0.05, 0.1) is 11.7 Å². The van der Waals surface area contributed by atoms with E-state index in [1.54, 1.807) is 0 Å². The standard InChI is InChI=1S/C13H12ClF5N2S/c1-6-2-8(15)9(3-10(6)22-5-13(17,18)19)21-11(20)7-4-12(7,14)16/h2-3,7H,4-5H2,1H3,(H2,20,21). The second kappa shape index (κ2) is 5.88. The zero-order valence-electron chi connectivity index (χ0n) is 11.3. The summed E-state index contributed by atoms with van der Waals surface area (Å²) < 4.78 is 63.9. The molecule has 0 spiro atoms. The van der Waals surface area contributed by atoms with Crippen molar-refractivity contribution in [2.24, 2.45) is 16.6 Å². The van der Waals surface area contributed by atoms with Crippen LogP contribution in [-0.2, 0) is 0 Å². The summed E-state index contributed by atoms with van der Waals surface area (Å²) in [6.45, 7) is 1.49. The Morgan fingerprint density at radius 1 is 1.50 bits per heavy atom. The van der Waals surface area contributed by atoms with Crippen LogP contribution in [0.2, 0.25) is 0 Å². The fraction of sp³-hybridized carbons (Fsp3) is 0.462. The number of rotatable bonds is 4. The molecule has 22 heavy (non-hydrogen) atoms. The molecule has 0 aliphatic heterocycles. The Balaban J connectivity index is 2.23. The number of halogens is 6. The summed E-state index contributed by atoms with van der Waals surface area (Å²) in [5.74, 6) is -2.82. The molecule has 0 bridgehead atoms. The number of benzene rings is 1. The number of alkyl halides is 5. The predicted molar refractivity (Wildman–Crippen MR) is 77.0 cm³/mol. The predicted octanol–water partition coefficient (Wildman–Crippen LogP) is 4.70. The SMILES string of the molecule is Cc1cc(F)c(/N=C(\N)C2CC2(F)Cl)cc1SCC(F)(F)F. The average molecular weight is 359 g/mol. The highest BCUT2D eigenvalue weighted by Gasteiger charge is 2.56. The maximum atomic E-state index is 13.8. The van der Waals surface area contributed by atoms with Crippen LogP contribution in [0, 0.1) is 18.7 Å². The van der Waals surface area contributed by atoms with E-state index in [0.29, 0.717) is 17.3 Å². The van der Waals surface area contributed by atoms with Gasteiger partial charge in [0, 0.05) is 11.3 Å². The summed E-state index contributed by atoms with van der Waals surface area (Å²) in [5.41, 5.74) is 5.68. The van der Waals surface area contributed by atoms with Crippen LogP contribution in [0.4, 0.5) is 27.6 Å². The first-order chi connectivity index (χ1) is 9.99. The van der Waals surface area contributed by atoms with Gasteiger partial charge in [0.2, 0.25) is 0 Å². The van der Waals surface area contributed by atoms with Crippen molar-refractivity contribution in [2.75, 3.05) is 5.75 Å². The van der Waals surface area contributed by atoms with Crippen molar-refractivity contribution < 1.29 is 22.0 Å². The Bertz CT molecular complexity index is 615. The van der Waals surface area contributed by atoms with Gasteiger partial charge in [-0.15, -0.1) is 11.8 Å². The third kappa shape index (κ3) is 4.25. The summed E-state index contributed by atoms with van der Waals surface area (Å²) >= 11 is 5.94. The van der Waals surface area contributed by atoms with Gasteiger partial charge < -0.3 is 5.73 Å². The zero-order chi connectivity index (χ0) is 16.7. The summed E-state index contributed by atoms with van der Waals surface area (Å²) in [6, 6.07) is 2.24. The molecule has 1 aromatic rings. The minimum Gasteiger partial charge on any atom is -0.387 e. The number of amidine groups is 1. The van der Waals surface area contributed by atoms with Crippen LogP contribution in [0.15, 0.2) is 22.0 Å². The van der Waals surface area contributed by atoms with Crippen LogP contribution < -0.4 is 5.73 Å². The number of thioether (sulfide) groups is 1. The summed E-state index contributed by atoms with van der Waals surface area (Å²) in [7, 11) is 0. The first-order valence-electron chi connectivity index (χ1n) is 6.21. The van der Waals surface area contributed by atoms with E-state index in [2.05, 4.69) is 4.99 Å². The smallest absolute Gasteiger partial charge is 0.387 e. The van der Waals surface area contributed by atoms with Crippen molar-refractivity contribution in [1.29, 1.82) is 0 Å². The van der Waals surface area contributed by atoms with E-state index in [1.807, 2.05) is 0 Å². The monoisotopic (exact) mass is 358 g/mol. The van der Waals surface area contributed by atoms with Gasteiger partial charge in [0.15, 0.2) is 5.13 Å². The van der Waals surface area contributed by atoms with E-state index in [-0.39, 0.29) is 22.8 Å². The maximum Gasteiger partial charge on any atom is 0.398 e. The van der Waals surface area contributed by atoms with Crippen LogP contribution in [0.1, 0.15) is 12.0 Å². The van der Waals surface area contributed by atoms with E-state index in [9.17, 15) is 22.0 Å². The van der Waals surface area contributed by atoms with Crippen molar-refractivity contribution in [2.45, 2.75) is 29.5 Å². The molecule has 0 heterocycles. The van der Waals surface area contributed by atoms with Crippen molar-refractivity contribution in [3.8, 4) is 0 Å². The average Bonchev–Trinajstić information content (AvgIpc) is 2.99. The molecule has 2 rings (SSSR count). The summed E-state index contributed by atoms with van der Waals surface area (Å²) in [4.78, 5) is 4.00. The lowest BCUT2D eigenvalue weighted by molar-refractivity contribution is -0.105. The van der Waals surface area contributed by atoms with E-state index in [1.165, 1.54) is 13.0 Å². The number of nitrogens with zero attached hydrogens (tertiary/aromatic N) is 1. The molecular formula is C13H12ClF5N2S. The molecule has 2 unspecified atom stereocenters. The van der Waals surface area contributed by atoms with Crippen LogP contribution >= 0.6 is 23.4 Å². The highest BCUT2D eigenvalue weighted by molar-refractivity contribution is 7.99.